The second kappa shape index (κ2) is 4.29. The number of rotatable bonds is 2. The van der Waals surface area contributed by atoms with Crippen molar-refractivity contribution in [1.82, 2.24) is 5.32 Å². The first kappa shape index (κ1) is 11.5. The topological polar surface area (TPSA) is 56.0 Å². The van der Waals surface area contributed by atoms with E-state index in [1.807, 2.05) is 20.8 Å². The molecule has 0 fully saturated rings. The maximum absolute atomic E-state index is 11.5. The van der Waals surface area contributed by atoms with E-state index in [4.69, 9.17) is 0 Å². The van der Waals surface area contributed by atoms with E-state index in [0.717, 1.165) is 10.3 Å². The van der Waals surface area contributed by atoms with E-state index in [1.54, 1.807) is 12.1 Å². The molecule has 0 radical (unpaired) electrons. The van der Waals surface area contributed by atoms with Crippen molar-refractivity contribution < 1.29 is 9.52 Å². The van der Waals surface area contributed by atoms with E-state index in [0.29, 0.717) is 6.54 Å². The number of hydrogen-bond donors (Lipinski definition) is 1. The van der Waals surface area contributed by atoms with Gasteiger partial charge in [0.15, 0.2) is 12.4 Å². The summed E-state index contributed by atoms with van der Waals surface area (Å²) in [5.41, 5.74) is 0.396. The van der Waals surface area contributed by atoms with Crippen molar-refractivity contribution in [2.24, 2.45) is 5.41 Å². The second-order valence-corrected chi connectivity index (χ2v) is 4.50. The highest BCUT2D eigenvalue weighted by molar-refractivity contribution is 5.81. The van der Waals surface area contributed by atoms with Crippen molar-refractivity contribution in [2.45, 2.75) is 27.3 Å². The van der Waals surface area contributed by atoms with E-state index in [2.05, 4.69) is 5.32 Å². The highest BCUT2D eigenvalue weighted by Crippen LogP contribution is 2.12. The zero-order chi connectivity index (χ0) is 11.5. The highest BCUT2D eigenvalue weighted by Gasteiger charge is 2.20. The first-order valence-corrected chi connectivity index (χ1v) is 4.85. The zero-order valence-electron chi connectivity index (χ0n) is 9.28. The van der Waals surface area contributed by atoms with Gasteiger partial charge in [0.05, 0.1) is 0 Å². The van der Waals surface area contributed by atoms with E-state index in [-0.39, 0.29) is 5.91 Å². The molecule has 0 aliphatic carbocycles. The molecule has 0 unspecified atom stereocenters. The summed E-state index contributed by atoms with van der Waals surface area (Å²) in [6.07, 6.45) is 2.86. The van der Waals surface area contributed by atoms with Gasteiger partial charge in [0.2, 0.25) is 5.91 Å². The number of nitrogens with one attached hydrogen (secondary N) is 1. The van der Waals surface area contributed by atoms with Gasteiger partial charge in [0.25, 0.3) is 0 Å². The monoisotopic (exact) mass is 208 g/mol. The van der Waals surface area contributed by atoms with Gasteiger partial charge in [-0.25, -0.2) is 0 Å². The number of amides is 1. The van der Waals surface area contributed by atoms with Crippen molar-refractivity contribution >= 4 is 5.91 Å². The van der Waals surface area contributed by atoms with Gasteiger partial charge in [-0.15, -0.1) is 0 Å². The minimum Gasteiger partial charge on any atom is -0.619 e. The van der Waals surface area contributed by atoms with Crippen LogP contribution in [-0.2, 0) is 11.3 Å². The summed E-state index contributed by atoms with van der Waals surface area (Å²) in [6, 6.07) is 3.46. The molecule has 1 N–H and O–H groups in total. The molecular weight excluding hydrogens is 192 g/mol. The molecular formula is C11H16N2O2. The summed E-state index contributed by atoms with van der Waals surface area (Å²) in [6.45, 7) is 5.93. The summed E-state index contributed by atoms with van der Waals surface area (Å²) < 4.78 is 0.721. The van der Waals surface area contributed by atoms with Crippen molar-refractivity contribution in [2.75, 3.05) is 0 Å². The lowest BCUT2D eigenvalue weighted by atomic mass is 9.96. The third kappa shape index (κ3) is 3.58. The molecule has 1 amide bonds. The molecule has 1 rings (SSSR count). The standard InChI is InChI=1S/C11H16N2O2/c1-11(2,3)10(14)12-7-9-5-4-6-13(15)8-9/h4-6,8H,7H2,1-3H3,(H,12,14). The smallest absolute Gasteiger partial charge is 0.225 e. The number of nitrogens with zero attached hydrogens (tertiary/aromatic N) is 1. The summed E-state index contributed by atoms with van der Waals surface area (Å²) in [4.78, 5) is 11.5. The Balaban J connectivity index is 2.55. The fraction of sp³-hybridized carbons (Fsp3) is 0.455. The van der Waals surface area contributed by atoms with Crippen LogP contribution in [-0.4, -0.2) is 5.91 Å². The molecule has 0 aliphatic heterocycles. The molecule has 1 aromatic rings. The van der Waals surface area contributed by atoms with Crippen molar-refractivity contribution in [3.63, 3.8) is 0 Å². The molecule has 0 atom stereocenters. The first-order chi connectivity index (χ1) is 6.89. The van der Waals surface area contributed by atoms with E-state index >= 15 is 0 Å². The molecule has 4 nitrogen and oxygen atoms in total. The van der Waals surface area contributed by atoms with Crippen LogP contribution in [0.25, 0.3) is 0 Å². The lowest BCUT2D eigenvalue weighted by Gasteiger charge is -2.17. The van der Waals surface area contributed by atoms with Crippen LogP contribution >= 0.6 is 0 Å². The normalized spacial score (nSPS) is 11.1. The maximum Gasteiger partial charge on any atom is 0.225 e. The third-order valence-electron chi connectivity index (χ3n) is 1.97. The predicted molar refractivity (Wildman–Crippen MR) is 56.7 cm³/mol. The maximum atomic E-state index is 11.5. The highest BCUT2D eigenvalue weighted by atomic mass is 16.5. The van der Waals surface area contributed by atoms with Gasteiger partial charge in [-0.1, -0.05) is 20.8 Å². The van der Waals surface area contributed by atoms with Crippen molar-refractivity contribution in [3.05, 3.63) is 35.3 Å². The first-order valence-electron chi connectivity index (χ1n) is 4.85. The Bertz CT molecular complexity index is 356. The number of aromatic nitrogens is 1. The van der Waals surface area contributed by atoms with Crippen LogP contribution in [0.15, 0.2) is 24.5 Å². The van der Waals surface area contributed by atoms with Gasteiger partial charge < -0.3 is 10.5 Å². The number of hydrogen-bond acceptors (Lipinski definition) is 2. The SMILES string of the molecule is CC(C)(C)C(=O)NCc1ccc[n+]([O-])c1. The molecule has 0 saturated carbocycles. The van der Waals surface area contributed by atoms with Crippen molar-refractivity contribution in [1.29, 1.82) is 0 Å². The number of carbonyl (C=O) groups is 1. The van der Waals surface area contributed by atoms with Crippen LogP contribution in [0.4, 0.5) is 0 Å². The fourth-order valence-electron chi connectivity index (χ4n) is 1.05. The van der Waals surface area contributed by atoms with Gasteiger partial charge in [-0.3, -0.25) is 4.79 Å². The Kier molecular flexibility index (Phi) is 3.29. The van der Waals surface area contributed by atoms with Crippen LogP contribution in [0.1, 0.15) is 26.3 Å². The molecule has 82 valence electrons. The van der Waals surface area contributed by atoms with E-state index in [1.165, 1.54) is 12.4 Å². The molecule has 4 heteroatoms. The van der Waals surface area contributed by atoms with E-state index in [9.17, 15) is 10.0 Å². The fourth-order valence-corrected chi connectivity index (χ4v) is 1.05. The molecule has 1 heterocycles. The van der Waals surface area contributed by atoms with Gasteiger partial charge in [0.1, 0.15) is 0 Å². The largest absolute Gasteiger partial charge is 0.619 e. The van der Waals surface area contributed by atoms with Gasteiger partial charge in [-0.05, 0) is 6.07 Å². The molecule has 0 spiro atoms. The Morgan fingerprint density at radius 3 is 2.73 bits per heavy atom. The number of pyridine rings is 1. The van der Waals surface area contributed by atoms with Crippen LogP contribution < -0.4 is 10.0 Å². The van der Waals surface area contributed by atoms with Gasteiger partial charge in [-0.2, -0.15) is 4.73 Å². The molecule has 0 bridgehead atoms. The average molecular weight is 208 g/mol. The van der Waals surface area contributed by atoms with Gasteiger partial charge in [0, 0.05) is 23.6 Å². The zero-order valence-corrected chi connectivity index (χ0v) is 9.28. The van der Waals surface area contributed by atoms with Crippen molar-refractivity contribution in [3.8, 4) is 0 Å². The van der Waals surface area contributed by atoms with Crippen LogP contribution in [0.5, 0.6) is 0 Å². The Morgan fingerprint density at radius 1 is 1.53 bits per heavy atom. The molecule has 15 heavy (non-hydrogen) atoms. The Hall–Kier alpha value is -1.58. The predicted octanol–water partition coefficient (Wildman–Crippen LogP) is 0.982. The lowest BCUT2D eigenvalue weighted by molar-refractivity contribution is -0.605. The summed E-state index contributed by atoms with van der Waals surface area (Å²) in [5, 5.41) is 13.7. The average Bonchev–Trinajstić information content (AvgIpc) is 2.12. The van der Waals surface area contributed by atoms with Crippen LogP contribution in [0, 0.1) is 10.6 Å². The summed E-state index contributed by atoms with van der Waals surface area (Å²) >= 11 is 0. The van der Waals surface area contributed by atoms with Gasteiger partial charge >= 0.3 is 0 Å². The van der Waals surface area contributed by atoms with E-state index < -0.39 is 5.41 Å². The summed E-state index contributed by atoms with van der Waals surface area (Å²) in [7, 11) is 0. The minimum absolute atomic E-state index is 0.0243. The lowest BCUT2D eigenvalue weighted by Crippen LogP contribution is -2.35. The Morgan fingerprint density at radius 2 is 2.20 bits per heavy atom. The second-order valence-electron chi connectivity index (χ2n) is 4.50. The quantitative estimate of drug-likeness (QED) is 0.582. The minimum atomic E-state index is -0.401. The molecule has 0 aromatic carbocycles. The van der Waals surface area contributed by atoms with Crippen LogP contribution in [0.3, 0.4) is 0 Å². The molecule has 1 aromatic heterocycles. The number of carbonyl (C=O) groups excluding carboxylic acids is 1. The third-order valence-corrected chi connectivity index (χ3v) is 1.97. The summed E-state index contributed by atoms with van der Waals surface area (Å²) in [5.74, 6) is -0.0243. The Labute approximate surface area is 89.5 Å². The molecule has 0 aliphatic rings. The molecule has 0 saturated heterocycles. The van der Waals surface area contributed by atoms with Crippen LogP contribution in [0.2, 0.25) is 0 Å².